The van der Waals surface area contributed by atoms with Crippen molar-refractivity contribution in [3.05, 3.63) is 52.2 Å². The molecule has 4 heterocycles. The van der Waals surface area contributed by atoms with Gasteiger partial charge >= 0.3 is 0 Å². The summed E-state index contributed by atoms with van der Waals surface area (Å²) in [5.41, 5.74) is 7.10. The highest BCUT2D eigenvalue weighted by Crippen LogP contribution is 2.73. The molecule has 2 aromatic rings. The summed E-state index contributed by atoms with van der Waals surface area (Å²) in [5.74, 6) is 1.00. The van der Waals surface area contributed by atoms with E-state index in [0.717, 1.165) is 59.9 Å². The van der Waals surface area contributed by atoms with Gasteiger partial charge in [0, 0.05) is 34.4 Å². The van der Waals surface area contributed by atoms with E-state index in [1.165, 1.54) is 23.1 Å². The van der Waals surface area contributed by atoms with E-state index >= 15 is 0 Å². The molecule has 1 saturated heterocycles. The van der Waals surface area contributed by atoms with Gasteiger partial charge < -0.3 is 19.1 Å². The number of Topliss-reactive ketones (excluding diaryl/α,β-unsaturated/α-hetero) is 2. The topological polar surface area (TPSA) is 77.8 Å². The molecule has 6 nitrogen and oxygen atoms in total. The van der Waals surface area contributed by atoms with Crippen molar-refractivity contribution in [2.45, 2.75) is 148 Å². The van der Waals surface area contributed by atoms with Gasteiger partial charge in [-0.3, -0.25) is 9.59 Å². The van der Waals surface area contributed by atoms with Crippen molar-refractivity contribution in [1.82, 2.24) is 4.57 Å². The second kappa shape index (κ2) is 9.22. The smallest absolute Gasteiger partial charge is 0.192 e. The molecular weight excluding hydrogens is 598 g/mol. The number of aliphatic hydroxyl groups is 1. The number of aromatic nitrogens is 1. The van der Waals surface area contributed by atoms with Gasteiger partial charge in [-0.05, 0) is 132 Å². The third-order valence-electron chi connectivity index (χ3n) is 15.2. The number of carbonyl (C=O) groups excluding carboxylic acids is 2. The molecule has 1 aromatic heterocycles. The van der Waals surface area contributed by atoms with Gasteiger partial charge in [-0.15, -0.1) is 0 Å². The van der Waals surface area contributed by atoms with Crippen molar-refractivity contribution in [3.63, 3.8) is 0 Å². The Morgan fingerprint density at radius 3 is 2.50 bits per heavy atom. The number of nitrogens with zero attached hydrogens (tertiary/aromatic N) is 1. The number of hydrogen-bond acceptors (Lipinski definition) is 5. The highest BCUT2D eigenvalue weighted by Gasteiger charge is 2.69. The van der Waals surface area contributed by atoms with Gasteiger partial charge in [-0.25, -0.2) is 0 Å². The number of ketones is 2. The molecule has 1 aromatic carbocycles. The minimum absolute atomic E-state index is 0.00478. The third-order valence-corrected chi connectivity index (χ3v) is 15.2. The Bertz CT molecular complexity index is 1910. The first-order valence-corrected chi connectivity index (χ1v) is 18.6. The average molecular weight is 652 g/mol. The van der Waals surface area contributed by atoms with Gasteiger partial charge in [0.1, 0.15) is 11.8 Å². The van der Waals surface area contributed by atoms with Crippen LogP contribution in [0.4, 0.5) is 0 Å². The molecule has 10 atom stereocenters. The molecule has 1 N–H and O–H groups in total. The Kier molecular flexibility index (Phi) is 6.04. The molecule has 4 aliphatic carbocycles. The highest BCUT2D eigenvalue weighted by molar-refractivity contribution is 6.18. The molecule has 6 heteroatoms. The zero-order valence-corrected chi connectivity index (χ0v) is 30.4. The molecule has 4 unspecified atom stereocenters. The van der Waals surface area contributed by atoms with Gasteiger partial charge in [-0.1, -0.05) is 32.9 Å². The largest absolute Gasteiger partial charge is 0.388 e. The highest BCUT2D eigenvalue weighted by atomic mass is 16.5. The van der Waals surface area contributed by atoms with Crippen LogP contribution in [0.25, 0.3) is 16.5 Å². The summed E-state index contributed by atoms with van der Waals surface area (Å²) in [5, 5.41) is 13.4. The maximum atomic E-state index is 14.8. The molecule has 0 bridgehead atoms. The number of allylic oxidation sites excluding steroid dienone is 1. The third kappa shape index (κ3) is 3.51. The Balaban J connectivity index is 1.27. The minimum atomic E-state index is -0.816. The number of ether oxygens (including phenoxy) is 2. The normalized spacial score (nSPS) is 42.5. The Morgan fingerprint density at radius 1 is 1.08 bits per heavy atom. The monoisotopic (exact) mass is 651 g/mol. The van der Waals surface area contributed by atoms with Gasteiger partial charge in [0.2, 0.25) is 0 Å². The summed E-state index contributed by atoms with van der Waals surface area (Å²) in [6.45, 7) is 24.0. The van der Waals surface area contributed by atoms with Crippen molar-refractivity contribution in [2.75, 3.05) is 0 Å². The zero-order valence-electron chi connectivity index (χ0n) is 30.4. The van der Waals surface area contributed by atoms with Gasteiger partial charge in [0.25, 0.3) is 0 Å². The van der Waals surface area contributed by atoms with Gasteiger partial charge in [0.15, 0.2) is 5.78 Å². The number of hydrogen-bond donors (Lipinski definition) is 1. The first-order chi connectivity index (χ1) is 22.4. The molecule has 0 radical (unpaired) electrons. The van der Waals surface area contributed by atoms with Crippen LogP contribution >= 0.6 is 0 Å². The predicted molar refractivity (Wildman–Crippen MR) is 187 cm³/mol. The molecule has 0 amide bonds. The van der Waals surface area contributed by atoms with Crippen molar-refractivity contribution >= 4 is 28.0 Å². The lowest BCUT2D eigenvalue weighted by molar-refractivity contribution is -0.147. The summed E-state index contributed by atoms with van der Waals surface area (Å²) in [4.78, 5) is 27.0. The lowest BCUT2D eigenvalue weighted by atomic mass is 9.40. The fourth-order valence-electron chi connectivity index (χ4n) is 13.7. The Labute approximate surface area is 285 Å². The lowest BCUT2D eigenvalue weighted by Crippen LogP contribution is -2.61. The number of rotatable bonds is 3. The van der Waals surface area contributed by atoms with Crippen LogP contribution in [0.2, 0.25) is 0 Å². The van der Waals surface area contributed by atoms with E-state index in [4.69, 9.17) is 9.47 Å². The van der Waals surface area contributed by atoms with E-state index in [1.807, 2.05) is 6.92 Å². The fourth-order valence-corrected chi connectivity index (χ4v) is 13.7. The molecule has 0 spiro atoms. The number of carbonyl (C=O) groups is 2. The standard InChI is InChI=1S/C42H53NO5/c1-20(2)33-36(46)31-30-24(27-19-38(4,5)48-39(6,7)32(27)35(30)45)17-25-26-16-22-11-12-28-40(8)18-23(15-21(3)44)47-29(40)13-14-41(28,9)42(22,10)37(26)43(33)34(25)31/h17,19,22-23,28-29,32-33,35,45H,1,11-16,18H2,2-10H3/t22?,23-,28?,29-,32?,33-,35+,40-,41-,42?/m0/s1. The average Bonchev–Trinajstić information content (AvgIpc) is 3.70. The van der Waals surface area contributed by atoms with Crippen LogP contribution in [0.5, 0.6) is 0 Å². The van der Waals surface area contributed by atoms with Crippen molar-refractivity contribution in [1.29, 1.82) is 0 Å². The summed E-state index contributed by atoms with van der Waals surface area (Å²) in [6, 6.07) is 1.88. The van der Waals surface area contributed by atoms with Crippen LogP contribution < -0.4 is 0 Å². The Hall–Kier alpha value is -2.54. The summed E-state index contributed by atoms with van der Waals surface area (Å²) < 4.78 is 15.6. The summed E-state index contributed by atoms with van der Waals surface area (Å²) in [6.07, 6.45) is 8.46. The van der Waals surface area contributed by atoms with Crippen molar-refractivity contribution in [3.8, 4) is 0 Å². The maximum absolute atomic E-state index is 14.8. The van der Waals surface area contributed by atoms with Crippen LogP contribution in [-0.2, 0) is 26.1 Å². The first-order valence-electron chi connectivity index (χ1n) is 18.6. The van der Waals surface area contributed by atoms with Crippen molar-refractivity contribution in [2.24, 2.45) is 28.6 Å². The number of aliphatic hydroxyl groups excluding tert-OH is 1. The van der Waals surface area contributed by atoms with E-state index < -0.39 is 23.3 Å². The van der Waals surface area contributed by atoms with E-state index in [0.29, 0.717) is 23.8 Å². The number of fused-ring (bicyclic) bond motifs is 13. The molecule has 7 aliphatic rings. The van der Waals surface area contributed by atoms with Gasteiger partial charge in [-0.2, -0.15) is 0 Å². The molecular formula is C42H53NO5. The van der Waals surface area contributed by atoms with Crippen LogP contribution in [-0.4, -0.2) is 44.7 Å². The zero-order chi connectivity index (χ0) is 34.2. The van der Waals surface area contributed by atoms with E-state index in [-0.39, 0.29) is 45.9 Å². The summed E-state index contributed by atoms with van der Waals surface area (Å²) in [7, 11) is 0. The van der Waals surface area contributed by atoms with Crippen LogP contribution in [0.15, 0.2) is 24.3 Å². The fraction of sp³-hybridized carbons (Fsp3) is 0.667. The summed E-state index contributed by atoms with van der Waals surface area (Å²) >= 11 is 0. The predicted octanol–water partition coefficient (Wildman–Crippen LogP) is 8.37. The van der Waals surface area contributed by atoms with Gasteiger partial charge in [0.05, 0.1) is 40.6 Å². The quantitative estimate of drug-likeness (QED) is 0.338. The maximum Gasteiger partial charge on any atom is 0.192 e. The van der Waals surface area contributed by atoms with Crippen LogP contribution in [0.1, 0.15) is 146 Å². The van der Waals surface area contributed by atoms with E-state index in [2.05, 4.69) is 71.8 Å². The second-order valence-electron chi connectivity index (χ2n) is 18.8. The van der Waals surface area contributed by atoms with Crippen LogP contribution in [0.3, 0.4) is 0 Å². The Morgan fingerprint density at radius 2 is 1.81 bits per heavy atom. The van der Waals surface area contributed by atoms with E-state index in [1.54, 1.807) is 6.92 Å². The van der Waals surface area contributed by atoms with Crippen LogP contribution in [0, 0.1) is 28.6 Å². The lowest BCUT2D eigenvalue weighted by Gasteiger charge is -2.64. The molecule has 48 heavy (non-hydrogen) atoms. The number of benzene rings is 1. The SMILES string of the molecule is C=C(C)[C@H]1C(=O)c2c3c(cc4c5c(n1c24)C1(C)C(CCC2[C@]4(C)C[C@H](CC(C)=O)O[C@H]4CC[C@@]21C)C5)C1=CC(C)(C)OC(C)(C)C1[C@@H]3O. The molecule has 256 valence electrons. The van der Waals surface area contributed by atoms with E-state index in [9.17, 15) is 14.7 Å². The molecule has 2 saturated carbocycles. The second-order valence-corrected chi connectivity index (χ2v) is 18.8. The molecule has 3 fully saturated rings. The molecule has 3 aliphatic heterocycles. The first kappa shape index (κ1) is 31.4. The molecule has 9 rings (SSSR count). The minimum Gasteiger partial charge on any atom is -0.388 e. The van der Waals surface area contributed by atoms with Crippen molar-refractivity contribution < 1.29 is 24.2 Å².